The highest BCUT2D eigenvalue weighted by molar-refractivity contribution is 8.00. The predicted molar refractivity (Wildman–Crippen MR) is 85.7 cm³/mol. The zero-order valence-corrected chi connectivity index (χ0v) is 13.4. The van der Waals surface area contributed by atoms with E-state index in [4.69, 9.17) is 0 Å². The fourth-order valence-electron chi connectivity index (χ4n) is 2.26. The summed E-state index contributed by atoms with van der Waals surface area (Å²) >= 11 is 1.96. The Morgan fingerprint density at radius 2 is 2.15 bits per heavy atom. The van der Waals surface area contributed by atoms with Gasteiger partial charge in [0.05, 0.1) is 5.69 Å². The van der Waals surface area contributed by atoms with Gasteiger partial charge < -0.3 is 5.32 Å². The molecule has 1 saturated carbocycles. The Balaban J connectivity index is 1.89. The van der Waals surface area contributed by atoms with Crippen molar-refractivity contribution in [2.75, 3.05) is 18.1 Å². The lowest BCUT2D eigenvalue weighted by atomic mass is 9.92. The molecule has 0 atom stereocenters. The molecule has 108 valence electrons. The van der Waals surface area contributed by atoms with Gasteiger partial charge in [0.15, 0.2) is 5.82 Å². The second-order valence-electron chi connectivity index (χ2n) is 6.63. The van der Waals surface area contributed by atoms with Gasteiger partial charge in [-0.2, -0.15) is 16.9 Å². The maximum absolute atomic E-state index is 4.66. The smallest absolute Gasteiger partial charge is 0.152 e. The lowest BCUT2D eigenvalue weighted by Crippen LogP contribution is -2.18. The Morgan fingerprint density at radius 1 is 1.40 bits per heavy atom. The van der Waals surface area contributed by atoms with Crippen LogP contribution in [0.2, 0.25) is 0 Å². The molecule has 0 bridgehead atoms. The van der Waals surface area contributed by atoms with Gasteiger partial charge in [-0.3, -0.25) is 0 Å². The van der Waals surface area contributed by atoms with Crippen molar-refractivity contribution in [3.05, 3.63) is 24.2 Å². The van der Waals surface area contributed by atoms with Crippen molar-refractivity contribution in [3.8, 4) is 0 Å². The quantitative estimate of drug-likeness (QED) is 0.938. The van der Waals surface area contributed by atoms with Gasteiger partial charge in [0.1, 0.15) is 5.52 Å². The van der Waals surface area contributed by atoms with Crippen molar-refractivity contribution in [1.29, 1.82) is 0 Å². The third-order valence-electron chi connectivity index (χ3n) is 3.98. The minimum atomic E-state index is 0.0558. The van der Waals surface area contributed by atoms with Crippen LogP contribution >= 0.6 is 11.8 Å². The van der Waals surface area contributed by atoms with Crippen LogP contribution < -0.4 is 5.32 Å². The first-order valence-electron chi connectivity index (χ1n) is 7.07. The lowest BCUT2D eigenvalue weighted by molar-refractivity contribution is 0.562. The summed E-state index contributed by atoms with van der Waals surface area (Å²) in [6.45, 7) is 7.53. The van der Waals surface area contributed by atoms with Crippen molar-refractivity contribution in [1.82, 2.24) is 14.6 Å². The standard InChI is InChI=1S/C15H22N4S/c1-14(2,3)12-9-11-13(16-7-8-19(11)18-12)17-10-15(20-4)5-6-15/h7-9H,5-6,10H2,1-4H3,(H,16,17). The molecule has 5 heteroatoms. The van der Waals surface area contributed by atoms with E-state index < -0.39 is 0 Å². The van der Waals surface area contributed by atoms with E-state index in [9.17, 15) is 0 Å². The maximum atomic E-state index is 4.66. The number of nitrogens with zero attached hydrogens (tertiary/aromatic N) is 3. The Morgan fingerprint density at radius 3 is 2.75 bits per heavy atom. The summed E-state index contributed by atoms with van der Waals surface area (Å²) < 4.78 is 2.36. The van der Waals surface area contributed by atoms with Crippen LogP contribution in [0.4, 0.5) is 5.82 Å². The molecule has 4 nitrogen and oxygen atoms in total. The summed E-state index contributed by atoms with van der Waals surface area (Å²) in [4.78, 5) is 4.49. The number of thioether (sulfide) groups is 1. The van der Waals surface area contributed by atoms with Gasteiger partial charge in [0.2, 0.25) is 0 Å². The normalized spacial score (nSPS) is 17.4. The van der Waals surface area contributed by atoms with Gasteiger partial charge in [0, 0.05) is 29.1 Å². The summed E-state index contributed by atoms with van der Waals surface area (Å²) in [6, 6.07) is 2.15. The summed E-state index contributed by atoms with van der Waals surface area (Å²) in [5.74, 6) is 0.941. The van der Waals surface area contributed by atoms with E-state index in [0.717, 1.165) is 23.6 Å². The molecule has 20 heavy (non-hydrogen) atoms. The molecule has 2 aromatic rings. The molecule has 1 N–H and O–H groups in total. The van der Waals surface area contributed by atoms with Gasteiger partial charge in [-0.1, -0.05) is 20.8 Å². The second kappa shape index (κ2) is 4.65. The van der Waals surface area contributed by atoms with Gasteiger partial charge >= 0.3 is 0 Å². The molecule has 0 spiro atoms. The molecule has 0 amide bonds. The average Bonchev–Trinajstić information content (AvgIpc) is 3.04. The van der Waals surface area contributed by atoms with Crippen molar-refractivity contribution in [2.24, 2.45) is 0 Å². The molecule has 2 heterocycles. The zero-order chi connectivity index (χ0) is 14.4. The van der Waals surface area contributed by atoms with Crippen LogP contribution in [0.1, 0.15) is 39.3 Å². The molecule has 0 aliphatic heterocycles. The summed E-state index contributed by atoms with van der Waals surface area (Å²) in [5, 5.41) is 8.17. The molecule has 0 radical (unpaired) electrons. The van der Waals surface area contributed by atoms with E-state index in [1.807, 2.05) is 28.7 Å². The third-order valence-corrected chi connectivity index (χ3v) is 5.40. The zero-order valence-electron chi connectivity index (χ0n) is 12.6. The molecule has 3 rings (SSSR count). The van der Waals surface area contributed by atoms with E-state index >= 15 is 0 Å². The maximum Gasteiger partial charge on any atom is 0.152 e. The van der Waals surface area contributed by atoms with Gasteiger partial charge in [-0.15, -0.1) is 0 Å². The fraction of sp³-hybridized carbons (Fsp3) is 0.600. The number of anilines is 1. The van der Waals surface area contributed by atoms with Crippen LogP contribution in [-0.4, -0.2) is 32.1 Å². The molecule has 0 aromatic carbocycles. The van der Waals surface area contributed by atoms with Gasteiger partial charge in [0.25, 0.3) is 0 Å². The first-order chi connectivity index (χ1) is 9.43. The molecule has 2 aromatic heterocycles. The van der Waals surface area contributed by atoms with Crippen molar-refractivity contribution >= 4 is 23.1 Å². The lowest BCUT2D eigenvalue weighted by Gasteiger charge is -2.14. The molecule has 1 aliphatic carbocycles. The van der Waals surface area contributed by atoms with E-state index in [2.05, 4.69) is 48.5 Å². The molecule has 1 aliphatic rings. The third kappa shape index (κ3) is 2.51. The first kappa shape index (κ1) is 13.7. The van der Waals surface area contributed by atoms with E-state index in [1.54, 1.807) is 0 Å². The highest BCUT2D eigenvalue weighted by Crippen LogP contribution is 2.47. The topological polar surface area (TPSA) is 42.2 Å². The Kier molecular flexibility index (Phi) is 3.20. The van der Waals surface area contributed by atoms with E-state index in [-0.39, 0.29) is 5.41 Å². The predicted octanol–water partition coefficient (Wildman–Crippen LogP) is 3.33. The Labute approximate surface area is 124 Å². The van der Waals surface area contributed by atoms with Crippen LogP contribution in [0.3, 0.4) is 0 Å². The Bertz CT molecular complexity index is 622. The summed E-state index contributed by atoms with van der Waals surface area (Å²) in [6.07, 6.45) is 8.53. The SMILES string of the molecule is CSC1(CNc2nccn3nc(C(C)(C)C)cc23)CC1. The minimum Gasteiger partial charge on any atom is -0.367 e. The van der Waals surface area contributed by atoms with Crippen molar-refractivity contribution in [2.45, 2.75) is 43.8 Å². The molecule has 0 saturated heterocycles. The Hall–Kier alpha value is -1.23. The van der Waals surface area contributed by atoms with Crippen LogP contribution in [0.15, 0.2) is 18.5 Å². The number of aromatic nitrogens is 3. The van der Waals surface area contributed by atoms with Gasteiger partial charge in [-0.25, -0.2) is 9.50 Å². The fourth-order valence-corrected chi connectivity index (χ4v) is 2.99. The van der Waals surface area contributed by atoms with E-state index in [0.29, 0.717) is 4.75 Å². The minimum absolute atomic E-state index is 0.0558. The number of fused-ring (bicyclic) bond motifs is 1. The van der Waals surface area contributed by atoms with Crippen LogP contribution in [0.25, 0.3) is 5.52 Å². The van der Waals surface area contributed by atoms with Crippen LogP contribution in [0.5, 0.6) is 0 Å². The second-order valence-corrected chi connectivity index (χ2v) is 7.90. The van der Waals surface area contributed by atoms with Crippen LogP contribution in [0, 0.1) is 0 Å². The first-order valence-corrected chi connectivity index (χ1v) is 8.30. The monoisotopic (exact) mass is 290 g/mol. The van der Waals surface area contributed by atoms with E-state index in [1.165, 1.54) is 12.8 Å². The van der Waals surface area contributed by atoms with Crippen molar-refractivity contribution < 1.29 is 0 Å². The number of nitrogens with one attached hydrogen (secondary N) is 1. The summed E-state index contributed by atoms with van der Waals surface area (Å²) in [7, 11) is 0. The number of rotatable bonds is 4. The van der Waals surface area contributed by atoms with Crippen molar-refractivity contribution in [3.63, 3.8) is 0 Å². The van der Waals surface area contributed by atoms with Gasteiger partial charge in [-0.05, 0) is 25.2 Å². The van der Waals surface area contributed by atoms with Crippen LogP contribution in [-0.2, 0) is 5.41 Å². The average molecular weight is 290 g/mol. The molecule has 0 unspecified atom stereocenters. The highest BCUT2D eigenvalue weighted by Gasteiger charge is 2.41. The molecular weight excluding hydrogens is 268 g/mol. The summed E-state index contributed by atoms with van der Waals surface area (Å²) in [5.41, 5.74) is 2.22. The molecule has 1 fully saturated rings. The number of hydrogen-bond acceptors (Lipinski definition) is 4. The largest absolute Gasteiger partial charge is 0.367 e. The molecular formula is C15H22N4S. The number of hydrogen-bond donors (Lipinski definition) is 1. The highest BCUT2D eigenvalue weighted by atomic mass is 32.2.